The van der Waals surface area contributed by atoms with E-state index in [9.17, 15) is 44.3 Å². The van der Waals surface area contributed by atoms with E-state index in [0.29, 0.717) is 25.0 Å². The second kappa shape index (κ2) is 12.9. The molecule has 47 heavy (non-hydrogen) atoms. The van der Waals surface area contributed by atoms with Gasteiger partial charge in [0.1, 0.15) is 6.10 Å². The Morgan fingerprint density at radius 2 is 1.53 bits per heavy atom. The molecule has 5 rings (SSSR count). The summed E-state index contributed by atoms with van der Waals surface area (Å²) in [6.45, 7) is 0.858. The van der Waals surface area contributed by atoms with Crippen LogP contribution in [0.3, 0.4) is 0 Å². The van der Waals surface area contributed by atoms with Crippen molar-refractivity contribution in [3.8, 4) is 0 Å². The maximum absolute atomic E-state index is 14.3. The van der Waals surface area contributed by atoms with Crippen LogP contribution in [0.2, 0.25) is 0 Å². The number of aryl methyl sites for hydroxylation is 2. The number of carbonyl (C=O) groups is 1. The third-order valence-corrected chi connectivity index (χ3v) is 8.37. The van der Waals surface area contributed by atoms with E-state index in [4.69, 9.17) is 4.74 Å². The van der Waals surface area contributed by atoms with Gasteiger partial charge >= 0.3 is 24.6 Å². The molecule has 1 aromatic heterocycles. The average Bonchev–Trinajstić information content (AvgIpc) is 3.61. The number of hydrogen-bond donors (Lipinski definition) is 0. The van der Waals surface area contributed by atoms with E-state index < -0.39 is 65.6 Å². The Kier molecular flexibility index (Phi) is 9.38. The number of carbonyl (C=O) groups excluding carboxylic acids is 1. The van der Waals surface area contributed by atoms with Crippen LogP contribution in [0.5, 0.6) is 0 Å². The number of ether oxygens (including phenoxy) is 1. The van der Waals surface area contributed by atoms with E-state index in [1.807, 2.05) is 0 Å². The SMILES string of the molecule is CCc1cc2c(cc1C(F)(F)F)N(C(=O)OC1CCCC1)CCCC2N(Cc1cc(C(F)(F)F)cc(C(F)(F)F)c1)c1nnn(C)n1. The van der Waals surface area contributed by atoms with Crippen molar-refractivity contribution in [3.63, 3.8) is 0 Å². The summed E-state index contributed by atoms with van der Waals surface area (Å²) >= 11 is 0. The molecule has 2 aromatic carbocycles. The monoisotopic (exact) mass is 678 g/mol. The molecule has 1 aliphatic carbocycles. The lowest BCUT2D eigenvalue weighted by molar-refractivity contribution is -0.143. The van der Waals surface area contributed by atoms with E-state index in [1.54, 1.807) is 0 Å². The van der Waals surface area contributed by atoms with Crippen molar-refractivity contribution in [1.29, 1.82) is 0 Å². The number of anilines is 2. The van der Waals surface area contributed by atoms with Crippen LogP contribution in [0.25, 0.3) is 0 Å². The summed E-state index contributed by atoms with van der Waals surface area (Å²) in [6.07, 6.45) is -13.1. The largest absolute Gasteiger partial charge is 0.446 e. The van der Waals surface area contributed by atoms with Crippen LogP contribution in [0.4, 0.5) is 55.9 Å². The number of aromatic nitrogens is 4. The van der Waals surface area contributed by atoms with Crippen LogP contribution in [0.15, 0.2) is 30.3 Å². The zero-order valence-electron chi connectivity index (χ0n) is 25.3. The van der Waals surface area contributed by atoms with Gasteiger partial charge in [0, 0.05) is 13.1 Å². The lowest BCUT2D eigenvalue weighted by Crippen LogP contribution is -2.35. The van der Waals surface area contributed by atoms with Gasteiger partial charge in [-0.15, -0.1) is 5.10 Å². The van der Waals surface area contributed by atoms with Crippen molar-refractivity contribution in [2.24, 2.45) is 7.05 Å². The Morgan fingerprint density at radius 1 is 0.894 bits per heavy atom. The van der Waals surface area contributed by atoms with Crippen molar-refractivity contribution in [3.05, 3.63) is 63.7 Å². The molecular weight excluding hydrogens is 647 g/mol. The van der Waals surface area contributed by atoms with Gasteiger partial charge in [-0.25, -0.2) is 4.79 Å². The molecule has 1 atom stereocenters. The van der Waals surface area contributed by atoms with Crippen LogP contribution in [-0.4, -0.2) is 38.9 Å². The highest BCUT2D eigenvalue weighted by Gasteiger charge is 2.41. The Balaban J connectivity index is 1.67. The number of halogens is 9. The first kappa shape index (κ1) is 34.3. The van der Waals surface area contributed by atoms with Gasteiger partial charge in [-0.1, -0.05) is 18.1 Å². The van der Waals surface area contributed by atoms with Gasteiger partial charge in [0.25, 0.3) is 5.95 Å². The molecule has 0 radical (unpaired) electrons. The van der Waals surface area contributed by atoms with Crippen LogP contribution in [-0.2, 0) is 43.3 Å². The Labute approximate surface area is 263 Å². The molecule has 3 aromatic rings. The highest BCUT2D eigenvalue weighted by Crippen LogP contribution is 2.45. The first-order valence-corrected chi connectivity index (χ1v) is 15.0. The van der Waals surface area contributed by atoms with Crippen LogP contribution < -0.4 is 9.80 Å². The molecule has 1 unspecified atom stereocenters. The lowest BCUT2D eigenvalue weighted by Gasteiger charge is -2.33. The van der Waals surface area contributed by atoms with E-state index in [1.165, 1.54) is 24.9 Å². The number of fused-ring (bicyclic) bond motifs is 1. The highest BCUT2D eigenvalue weighted by molar-refractivity contribution is 5.89. The number of tetrazole rings is 1. The van der Waals surface area contributed by atoms with Crippen molar-refractivity contribution in [2.45, 2.75) is 89.1 Å². The van der Waals surface area contributed by atoms with Crippen molar-refractivity contribution >= 4 is 17.7 Å². The summed E-state index contributed by atoms with van der Waals surface area (Å²) < 4.78 is 131. The normalized spacial score (nSPS) is 17.9. The van der Waals surface area contributed by atoms with Gasteiger partial charge < -0.3 is 9.64 Å². The van der Waals surface area contributed by atoms with Crippen LogP contribution in [0, 0.1) is 0 Å². The molecule has 0 saturated heterocycles. The summed E-state index contributed by atoms with van der Waals surface area (Å²) in [7, 11) is 1.40. The summed E-state index contributed by atoms with van der Waals surface area (Å²) in [4.78, 5) is 16.9. The first-order chi connectivity index (χ1) is 22.0. The second-order valence-electron chi connectivity index (χ2n) is 11.6. The summed E-state index contributed by atoms with van der Waals surface area (Å²) in [5.41, 5.74) is -4.49. The quantitative estimate of drug-likeness (QED) is 0.245. The molecule has 1 amide bonds. The molecule has 17 heteroatoms. The number of rotatable bonds is 6. The van der Waals surface area contributed by atoms with Gasteiger partial charge in [0.15, 0.2) is 0 Å². The minimum atomic E-state index is -5.11. The number of alkyl halides is 9. The van der Waals surface area contributed by atoms with E-state index >= 15 is 0 Å². The predicted octanol–water partition coefficient (Wildman–Crippen LogP) is 8.26. The third kappa shape index (κ3) is 7.59. The van der Waals surface area contributed by atoms with E-state index in [2.05, 4.69) is 15.4 Å². The zero-order chi connectivity index (χ0) is 34.3. The number of hydrogen-bond acceptors (Lipinski definition) is 6. The van der Waals surface area contributed by atoms with Gasteiger partial charge in [-0.2, -0.15) is 44.3 Å². The topological polar surface area (TPSA) is 76.4 Å². The molecule has 256 valence electrons. The van der Waals surface area contributed by atoms with Crippen LogP contribution in [0.1, 0.15) is 84.9 Å². The molecular formula is C30H31F9N6O2. The molecule has 0 spiro atoms. The standard InChI is InChI=1S/C30H31F9N6O2/c1-3-18-13-22-24(9-6-10-44(25(22)15-23(18)30(37,38)39)27(46)47-21-7-4-5-8-21)45(26-40-42-43(2)41-26)16-17-11-19(28(31,32)33)14-20(12-17)29(34,35)36/h11-15,21,24H,3-10,16H2,1-2H3. The molecule has 1 fully saturated rings. The van der Waals surface area contributed by atoms with Crippen molar-refractivity contribution in [1.82, 2.24) is 20.2 Å². The molecule has 0 N–H and O–H groups in total. The summed E-state index contributed by atoms with van der Waals surface area (Å²) in [6, 6.07) is 2.31. The number of benzene rings is 2. The van der Waals surface area contributed by atoms with Crippen molar-refractivity contribution < 1.29 is 49.0 Å². The fraction of sp³-hybridized carbons (Fsp3) is 0.533. The fourth-order valence-corrected chi connectivity index (χ4v) is 6.17. The molecule has 1 aliphatic heterocycles. The summed E-state index contributed by atoms with van der Waals surface area (Å²) in [5, 5.41) is 11.9. The van der Waals surface area contributed by atoms with E-state index in [-0.39, 0.29) is 54.6 Å². The van der Waals surface area contributed by atoms with Gasteiger partial charge in [0.05, 0.1) is 35.5 Å². The van der Waals surface area contributed by atoms with E-state index in [0.717, 1.165) is 28.6 Å². The zero-order valence-corrected chi connectivity index (χ0v) is 25.3. The molecule has 2 heterocycles. The first-order valence-electron chi connectivity index (χ1n) is 15.0. The maximum Gasteiger partial charge on any atom is 0.416 e. The molecule has 8 nitrogen and oxygen atoms in total. The number of amides is 1. The third-order valence-electron chi connectivity index (χ3n) is 8.37. The Bertz CT molecular complexity index is 1560. The van der Waals surface area contributed by atoms with Crippen molar-refractivity contribution in [2.75, 3.05) is 16.3 Å². The van der Waals surface area contributed by atoms with Crippen LogP contribution >= 0.6 is 0 Å². The van der Waals surface area contributed by atoms with Gasteiger partial charge in [-0.3, -0.25) is 4.90 Å². The van der Waals surface area contributed by atoms with Gasteiger partial charge in [0.2, 0.25) is 0 Å². The Hall–Kier alpha value is -4.05. The minimum absolute atomic E-state index is 0.00932. The summed E-state index contributed by atoms with van der Waals surface area (Å²) in [5.74, 6) is -0.186. The number of nitrogens with zero attached hydrogens (tertiary/aromatic N) is 6. The lowest BCUT2D eigenvalue weighted by atomic mass is 9.93. The Morgan fingerprint density at radius 3 is 2.06 bits per heavy atom. The van der Waals surface area contributed by atoms with Gasteiger partial charge in [-0.05, 0) is 91.1 Å². The smallest absolute Gasteiger partial charge is 0.416 e. The molecule has 0 bridgehead atoms. The fourth-order valence-electron chi connectivity index (χ4n) is 6.17. The maximum atomic E-state index is 14.3. The minimum Gasteiger partial charge on any atom is -0.446 e. The molecule has 1 saturated carbocycles. The highest BCUT2D eigenvalue weighted by atomic mass is 19.4. The molecule has 2 aliphatic rings. The average molecular weight is 679 g/mol. The predicted molar refractivity (Wildman–Crippen MR) is 150 cm³/mol. The second-order valence-corrected chi connectivity index (χ2v) is 11.6.